The lowest BCUT2D eigenvalue weighted by atomic mass is 9.91. The lowest BCUT2D eigenvalue weighted by Crippen LogP contribution is -2.47. The predicted molar refractivity (Wildman–Crippen MR) is 100 cm³/mol. The highest BCUT2D eigenvalue weighted by atomic mass is 16.2. The summed E-state index contributed by atoms with van der Waals surface area (Å²) in [6.45, 7) is 2.82. The quantitative estimate of drug-likeness (QED) is 0.900. The number of pyridine rings is 1. The van der Waals surface area contributed by atoms with Crippen LogP contribution in [-0.4, -0.2) is 63.0 Å². The molecule has 2 aromatic heterocycles. The van der Waals surface area contributed by atoms with E-state index < -0.39 is 0 Å². The number of nitrogens with zero attached hydrogens (tertiary/aromatic N) is 4. The van der Waals surface area contributed by atoms with Crippen molar-refractivity contribution in [3.05, 3.63) is 48.0 Å². The predicted octanol–water partition coefficient (Wildman–Crippen LogP) is 2.06. The van der Waals surface area contributed by atoms with Crippen molar-refractivity contribution in [1.82, 2.24) is 25.0 Å². The largest absolute Gasteiger partial charge is 0.342 e. The van der Waals surface area contributed by atoms with E-state index >= 15 is 0 Å². The minimum absolute atomic E-state index is 0.0123. The molecule has 0 aromatic carbocycles. The van der Waals surface area contributed by atoms with Gasteiger partial charge in [-0.05, 0) is 43.9 Å². The number of rotatable bonds is 3. The van der Waals surface area contributed by atoms with Crippen LogP contribution >= 0.6 is 0 Å². The highest BCUT2D eigenvalue weighted by Crippen LogP contribution is 2.28. The van der Waals surface area contributed by atoms with Gasteiger partial charge < -0.3 is 9.80 Å². The van der Waals surface area contributed by atoms with Crippen LogP contribution in [0.15, 0.2) is 36.7 Å². The van der Waals surface area contributed by atoms with Gasteiger partial charge in [-0.15, -0.1) is 0 Å². The average molecular weight is 367 g/mol. The van der Waals surface area contributed by atoms with Gasteiger partial charge in [-0.25, -0.2) is 0 Å². The smallest absolute Gasteiger partial charge is 0.272 e. The van der Waals surface area contributed by atoms with Crippen LogP contribution in [0.1, 0.15) is 47.8 Å². The molecule has 27 heavy (non-hydrogen) atoms. The molecule has 7 heteroatoms. The van der Waals surface area contributed by atoms with Gasteiger partial charge in [0.15, 0.2) is 0 Å². The second-order valence-electron chi connectivity index (χ2n) is 7.42. The number of H-pyrrole nitrogens is 1. The molecule has 0 unspecified atom stereocenters. The molecule has 1 N–H and O–H groups in total. The Labute approximate surface area is 158 Å². The minimum Gasteiger partial charge on any atom is -0.342 e. The van der Waals surface area contributed by atoms with Crippen LogP contribution in [0, 0.1) is 5.92 Å². The SMILES string of the molecule is O=C(c1ccccn1)N1CCC(C(=O)N2CCC[C@H](c3ccn[nH]3)C2)CC1. The van der Waals surface area contributed by atoms with Gasteiger partial charge in [-0.2, -0.15) is 5.10 Å². The zero-order chi connectivity index (χ0) is 18.6. The molecular weight excluding hydrogens is 342 g/mol. The summed E-state index contributed by atoms with van der Waals surface area (Å²) >= 11 is 0. The first-order chi connectivity index (χ1) is 13.2. The van der Waals surface area contributed by atoms with E-state index in [4.69, 9.17) is 0 Å². The molecule has 2 aliphatic heterocycles. The Hall–Kier alpha value is -2.70. The monoisotopic (exact) mass is 367 g/mol. The number of aromatic nitrogens is 3. The number of nitrogens with one attached hydrogen (secondary N) is 1. The van der Waals surface area contributed by atoms with E-state index in [1.165, 1.54) is 0 Å². The first-order valence-electron chi connectivity index (χ1n) is 9.71. The van der Waals surface area contributed by atoms with E-state index in [0.717, 1.165) is 44.5 Å². The molecule has 2 aromatic rings. The number of hydrogen-bond donors (Lipinski definition) is 1. The van der Waals surface area contributed by atoms with E-state index in [0.29, 0.717) is 24.7 Å². The fourth-order valence-corrected chi connectivity index (χ4v) is 4.16. The van der Waals surface area contributed by atoms with Crippen molar-refractivity contribution in [3.8, 4) is 0 Å². The Morgan fingerprint density at radius 3 is 2.56 bits per heavy atom. The summed E-state index contributed by atoms with van der Waals surface area (Å²) in [5.41, 5.74) is 1.59. The Balaban J connectivity index is 1.32. The van der Waals surface area contributed by atoms with Gasteiger partial charge in [0.2, 0.25) is 5.91 Å². The van der Waals surface area contributed by atoms with Crippen molar-refractivity contribution in [1.29, 1.82) is 0 Å². The average Bonchev–Trinajstić information content (AvgIpc) is 3.29. The molecule has 142 valence electrons. The standard InChI is InChI=1S/C20H25N5O2/c26-19(25-11-3-4-16(14-25)17-6-10-22-23-17)15-7-12-24(13-8-15)20(27)18-5-1-2-9-21-18/h1-2,5-6,9-10,15-16H,3-4,7-8,11-14H2,(H,22,23)/t16-/m0/s1. The number of carbonyl (C=O) groups is 2. The van der Waals surface area contributed by atoms with Gasteiger partial charge >= 0.3 is 0 Å². The topological polar surface area (TPSA) is 82.2 Å². The molecule has 0 saturated carbocycles. The van der Waals surface area contributed by atoms with E-state index in [1.807, 2.05) is 21.9 Å². The van der Waals surface area contributed by atoms with Crippen molar-refractivity contribution in [2.45, 2.75) is 31.6 Å². The second-order valence-corrected chi connectivity index (χ2v) is 7.42. The normalized spacial score (nSPS) is 21.3. The van der Waals surface area contributed by atoms with Crippen LogP contribution in [0.25, 0.3) is 0 Å². The van der Waals surface area contributed by atoms with Gasteiger partial charge in [0.05, 0.1) is 0 Å². The Morgan fingerprint density at radius 2 is 1.85 bits per heavy atom. The molecule has 4 rings (SSSR count). The van der Waals surface area contributed by atoms with Gasteiger partial charge in [-0.3, -0.25) is 19.7 Å². The van der Waals surface area contributed by atoms with Crippen LogP contribution < -0.4 is 0 Å². The number of hydrogen-bond acceptors (Lipinski definition) is 4. The van der Waals surface area contributed by atoms with Gasteiger partial charge in [-0.1, -0.05) is 6.07 Å². The highest BCUT2D eigenvalue weighted by Gasteiger charge is 2.33. The van der Waals surface area contributed by atoms with Crippen molar-refractivity contribution >= 4 is 11.8 Å². The Bertz CT molecular complexity index is 769. The minimum atomic E-state index is -0.0428. The zero-order valence-corrected chi connectivity index (χ0v) is 15.4. The van der Waals surface area contributed by atoms with Crippen LogP contribution in [-0.2, 0) is 4.79 Å². The van der Waals surface area contributed by atoms with Gasteiger partial charge in [0.1, 0.15) is 5.69 Å². The number of carbonyl (C=O) groups excluding carboxylic acids is 2. The summed E-state index contributed by atoms with van der Waals surface area (Å²) in [5, 5.41) is 7.08. The maximum absolute atomic E-state index is 13.0. The third-order valence-electron chi connectivity index (χ3n) is 5.71. The number of likely N-dealkylation sites (tertiary alicyclic amines) is 2. The summed E-state index contributed by atoms with van der Waals surface area (Å²) in [6, 6.07) is 7.36. The van der Waals surface area contributed by atoms with Gasteiger partial charge in [0, 0.05) is 56.1 Å². The maximum atomic E-state index is 13.0. The van der Waals surface area contributed by atoms with Crippen LogP contribution in [0.3, 0.4) is 0 Å². The van der Waals surface area contributed by atoms with Crippen molar-refractivity contribution < 1.29 is 9.59 Å². The molecule has 4 heterocycles. The first-order valence-corrected chi connectivity index (χ1v) is 9.71. The first kappa shape index (κ1) is 17.7. The highest BCUT2D eigenvalue weighted by molar-refractivity contribution is 5.92. The third-order valence-corrected chi connectivity index (χ3v) is 5.71. The summed E-state index contributed by atoms with van der Waals surface area (Å²) in [6.07, 6.45) is 6.96. The molecule has 0 radical (unpaired) electrons. The molecular formula is C20H25N5O2. The van der Waals surface area contributed by atoms with Crippen molar-refractivity contribution in [2.75, 3.05) is 26.2 Å². The fraction of sp³-hybridized carbons (Fsp3) is 0.500. The van der Waals surface area contributed by atoms with E-state index in [2.05, 4.69) is 15.2 Å². The lowest BCUT2D eigenvalue weighted by molar-refractivity contribution is -0.138. The summed E-state index contributed by atoms with van der Waals surface area (Å²) in [4.78, 5) is 33.5. The molecule has 2 saturated heterocycles. The van der Waals surface area contributed by atoms with Crippen molar-refractivity contribution in [2.24, 2.45) is 5.92 Å². The maximum Gasteiger partial charge on any atom is 0.272 e. The number of amides is 2. The van der Waals surface area contributed by atoms with Crippen molar-refractivity contribution in [3.63, 3.8) is 0 Å². The summed E-state index contributed by atoms with van der Waals surface area (Å²) < 4.78 is 0. The summed E-state index contributed by atoms with van der Waals surface area (Å²) in [5.74, 6) is 0.553. The molecule has 2 fully saturated rings. The van der Waals surface area contributed by atoms with Gasteiger partial charge in [0.25, 0.3) is 5.91 Å². The van der Waals surface area contributed by atoms with Crippen LogP contribution in [0.4, 0.5) is 0 Å². The molecule has 2 amide bonds. The fourth-order valence-electron chi connectivity index (χ4n) is 4.16. The Kier molecular flexibility index (Phi) is 5.18. The summed E-state index contributed by atoms with van der Waals surface area (Å²) in [7, 11) is 0. The molecule has 1 atom stereocenters. The van der Waals surface area contributed by atoms with E-state index in [-0.39, 0.29) is 17.7 Å². The third kappa shape index (κ3) is 3.86. The molecule has 2 aliphatic rings. The van der Waals surface area contributed by atoms with E-state index in [9.17, 15) is 9.59 Å². The molecule has 0 spiro atoms. The van der Waals surface area contributed by atoms with E-state index in [1.54, 1.807) is 24.5 Å². The number of aromatic amines is 1. The zero-order valence-electron chi connectivity index (χ0n) is 15.4. The lowest BCUT2D eigenvalue weighted by Gasteiger charge is -2.37. The Morgan fingerprint density at radius 1 is 1.00 bits per heavy atom. The molecule has 0 bridgehead atoms. The number of piperidine rings is 2. The van der Waals surface area contributed by atoms with Crippen LogP contribution in [0.2, 0.25) is 0 Å². The molecule has 0 aliphatic carbocycles. The molecule has 7 nitrogen and oxygen atoms in total. The second kappa shape index (κ2) is 7.90. The van der Waals surface area contributed by atoms with Crippen LogP contribution in [0.5, 0.6) is 0 Å².